The third-order valence-electron chi connectivity index (χ3n) is 4.23. The van der Waals surface area contributed by atoms with Crippen LogP contribution < -0.4 is 4.72 Å². The Kier molecular flexibility index (Phi) is 4.89. The lowest BCUT2D eigenvalue weighted by molar-refractivity contribution is 0.101. The molecule has 0 fully saturated rings. The molecule has 0 aliphatic carbocycles. The van der Waals surface area contributed by atoms with Crippen molar-refractivity contribution in [3.8, 4) is 11.3 Å². The molecule has 2 aromatic carbocycles. The molecule has 0 aliphatic heterocycles. The molecule has 0 amide bonds. The number of carbonyl (C=O) groups is 1. The molecule has 0 spiro atoms. The molecule has 0 radical (unpaired) electrons. The predicted molar refractivity (Wildman–Crippen MR) is 103 cm³/mol. The van der Waals surface area contributed by atoms with Crippen LogP contribution in [0.4, 0.5) is 5.69 Å². The van der Waals surface area contributed by atoms with Crippen LogP contribution in [0.5, 0.6) is 0 Å². The van der Waals surface area contributed by atoms with E-state index in [9.17, 15) is 13.2 Å². The number of anilines is 1. The molecule has 1 N–H and O–H groups in total. The van der Waals surface area contributed by atoms with E-state index in [0.29, 0.717) is 28.6 Å². The van der Waals surface area contributed by atoms with E-state index in [2.05, 4.69) is 9.71 Å². The van der Waals surface area contributed by atoms with Gasteiger partial charge in [-0.25, -0.2) is 13.4 Å². The molecule has 1 heterocycles. The molecule has 0 unspecified atom stereocenters. The van der Waals surface area contributed by atoms with Crippen molar-refractivity contribution in [2.45, 2.75) is 32.6 Å². The number of carbonyl (C=O) groups excluding carboxylic acids is 1. The first-order valence-electron chi connectivity index (χ1n) is 8.36. The number of rotatable bonds is 5. The third kappa shape index (κ3) is 3.93. The van der Waals surface area contributed by atoms with Crippen molar-refractivity contribution in [2.75, 3.05) is 4.72 Å². The lowest BCUT2D eigenvalue weighted by Crippen LogP contribution is -2.14. The van der Waals surface area contributed by atoms with E-state index in [1.165, 1.54) is 19.1 Å². The van der Waals surface area contributed by atoms with Crippen LogP contribution in [0, 0.1) is 20.8 Å². The number of sulfonamides is 1. The average Bonchev–Trinajstić information content (AvgIpc) is 2.95. The Labute approximate surface area is 158 Å². The van der Waals surface area contributed by atoms with Crippen molar-refractivity contribution in [3.05, 3.63) is 65.2 Å². The van der Waals surface area contributed by atoms with Crippen molar-refractivity contribution in [1.82, 2.24) is 4.98 Å². The minimum atomic E-state index is -3.79. The van der Waals surface area contributed by atoms with E-state index in [4.69, 9.17) is 4.42 Å². The summed E-state index contributed by atoms with van der Waals surface area (Å²) in [6.07, 6.45) is 0. The highest BCUT2D eigenvalue weighted by Crippen LogP contribution is 2.26. The summed E-state index contributed by atoms with van der Waals surface area (Å²) < 4.78 is 33.4. The lowest BCUT2D eigenvalue weighted by Gasteiger charge is -2.12. The zero-order valence-corrected chi connectivity index (χ0v) is 16.3. The summed E-state index contributed by atoms with van der Waals surface area (Å²) in [5, 5.41) is 0. The zero-order chi connectivity index (χ0) is 19.8. The normalized spacial score (nSPS) is 11.4. The van der Waals surface area contributed by atoms with Gasteiger partial charge < -0.3 is 4.42 Å². The molecule has 140 valence electrons. The van der Waals surface area contributed by atoms with Crippen LogP contribution >= 0.6 is 0 Å². The topological polar surface area (TPSA) is 89.3 Å². The lowest BCUT2D eigenvalue weighted by atomic mass is 10.1. The Hall–Kier alpha value is -2.93. The summed E-state index contributed by atoms with van der Waals surface area (Å²) >= 11 is 0. The molecule has 0 atom stereocenters. The second-order valence-corrected chi connectivity index (χ2v) is 8.04. The van der Waals surface area contributed by atoms with Gasteiger partial charge in [0, 0.05) is 18.1 Å². The summed E-state index contributed by atoms with van der Waals surface area (Å²) in [6.45, 7) is 6.79. The Morgan fingerprint density at radius 3 is 2.26 bits per heavy atom. The standard InChI is InChI=1S/C20H20N2O4S/c1-12-5-6-17(13(2)23)11-19(12)22-27(24,25)18-9-7-16(8-10-18)20-14(3)26-15(4)21-20/h5-11,22H,1-4H3. The van der Waals surface area contributed by atoms with Crippen LogP contribution in [-0.2, 0) is 10.0 Å². The fourth-order valence-corrected chi connectivity index (χ4v) is 3.86. The van der Waals surface area contributed by atoms with Crippen LogP contribution in [0.2, 0.25) is 0 Å². The van der Waals surface area contributed by atoms with Gasteiger partial charge >= 0.3 is 0 Å². The van der Waals surface area contributed by atoms with Crippen LogP contribution in [-0.4, -0.2) is 19.2 Å². The fraction of sp³-hybridized carbons (Fsp3) is 0.200. The van der Waals surface area contributed by atoms with E-state index >= 15 is 0 Å². The maximum atomic E-state index is 12.7. The molecule has 0 aliphatic rings. The summed E-state index contributed by atoms with van der Waals surface area (Å²) in [7, 11) is -3.79. The highest BCUT2D eigenvalue weighted by atomic mass is 32.2. The summed E-state index contributed by atoms with van der Waals surface area (Å²) in [5.74, 6) is 1.11. The Morgan fingerprint density at radius 2 is 1.70 bits per heavy atom. The highest BCUT2D eigenvalue weighted by Gasteiger charge is 2.17. The fourth-order valence-electron chi connectivity index (χ4n) is 2.74. The van der Waals surface area contributed by atoms with Crippen LogP contribution in [0.1, 0.15) is 34.5 Å². The molecule has 0 saturated carbocycles. The van der Waals surface area contributed by atoms with Crippen molar-refractivity contribution in [1.29, 1.82) is 0 Å². The van der Waals surface area contributed by atoms with E-state index in [1.807, 2.05) is 6.92 Å². The van der Waals surface area contributed by atoms with Crippen molar-refractivity contribution < 1.29 is 17.6 Å². The van der Waals surface area contributed by atoms with Crippen molar-refractivity contribution in [3.63, 3.8) is 0 Å². The zero-order valence-electron chi connectivity index (χ0n) is 15.5. The maximum Gasteiger partial charge on any atom is 0.261 e. The number of ketones is 1. The second-order valence-electron chi connectivity index (χ2n) is 6.35. The van der Waals surface area contributed by atoms with Crippen LogP contribution in [0.3, 0.4) is 0 Å². The molecule has 3 aromatic rings. The Balaban J connectivity index is 1.91. The largest absolute Gasteiger partial charge is 0.446 e. The van der Waals surface area contributed by atoms with Gasteiger partial charge in [0.05, 0.1) is 10.6 Å². The SMILES string of the molecule is CC(=O)c1ccc(C)c(NS(=O)(=O)c2ccc(-c3nc(C)oc3C)cc2)c1. The van der Waals surface area contributed by atoms with Gasteiger partial charge in [0.2, 0.25) is 0 Å². The molecule has 1 aromatic heterocycles. The number of hydrogen-bond acceptors (Lipinski definition) is 5. The third-order valence-corrected chi connectivity index (χ3v) is 5.61. The first-order chi connectivity index (χ1) is 12.7. The maximum absolute atomic E-state index is 12.7. The molecule has 0 bridgehead atoms. The van der Waals surface area contributed by atoms with Gasteiger partial charge in [-0.1, -0.05) is 24.3 Å². The second kappa shape index (κ2) is 7.00. The van der Waals surface area contributed by atoms with Gasteiger partial charge in [0.1, 0.15) is 11.5 Å². The van der Waals surface area contributed by atoms with Gasteiger partial charge in [0.25, 0.3) is 10.0 Å². The van der Waals surface area contributed by atoms with Gasteiger partial charge in [-0.05, 0) is 44.5 Å². The number of Topliss-reactive ketones (excluding diaryl/α,β-unsaturated/α-hetero) is 1. The van der Waals surface area contributed by atoms with Crippen molar-refractivity contribution in [2.24, 2.45) is 0 Å². The highest BCUT2D eigenvalue weighted by molar-refractivity contribution is 7.92. The molecular formula is C20H20N2O4S. The summed E-state index contributed by atoms with van der Waals surface area (Å²) in [4.78, 5) is 16.0. The minimum absolute atomic E-state index is 0.122. The number of oxazole rings is 1. The number of benzene rings is 2. The van der Waals surface area contributed by atoms with Crippen molar-refractivity contribution >= 4 is 21.5 Å². The number of hydrogen-bond donors (Lipinski definition) is 1. The van der Waals surface area contributed by atoms with E-state index in [-0.39, 0.29) is 10.7 Å². The Bertz CT molecular complexity index is 1110. The minimum Gasteiger partial charge on any atom is -0.446 e. The quantitative estimate of drug-likeness (QED) is 0.664. The van der Waals surface area contributed by atoms with Crippen LogP contribution in [0.15, 0.2) is 51.8 Å². The average molecular weight is 384 g/mol. The first-order valence-corrected chi connectivity index (χ1v) is 9.84. The number of nitrogens with zero attached hydrogens (tertiary/aromatic N) is 1. The van der Waals surface area contributed by atoms with E-state index in [0.717, 1.165) is 11.1 Å². The summed E-state index contributed by atoms with van der Waals surface area (Å²) in [5.41, 5.74) is 3.03. The first kappa shape index (κ1) is 18.8. The molecule has 7 heteroatoms. The van der Waals surface area contributed by atoms with Gasteiger partial charge in [-0.15, -0.1) is 0 Å². The molecule has 27 heavy (non-hydrogen) atoms. The van der Waals surface area contributed by atoms with Gasteiger partial charge in [-0.2, -0.15) is 0 Å². The molecule has 3 rings (SSSR count). The number of aromatic nitrogens is 1. The van der Waals surface area contributed by atoms with E-state index in [1.54, 1.807) is 44.2 Å². The predicted octanol–water partition coefficient (Wildman–Crippen LogP) is 4.27. The van der Waals surface area contributed by atoms with Gasteiger partial charge in [0.15, 0.2) is 11.7 Å². The number of aryl methyl sites for hydroxylation is 3. The van der Waals surface area contributed by atoms with E-state index < -0.39 is 10.0 Å². The molecule has 0 saturated heterocycles. The summed E-state index contributed by atoms with van der Waals surface area (Å²) in [6, 6.07) is 11.4. The number of nitrogens with one attached hydrogen (secondary N) is 1. The Morgan fingerprint density at radius 1 is 1.04 bits per heavy atom. The molecular weight excluding hydrogens is 364 g/mol. The monoisotopic (exact) mass is 384 g/mol. The smallest absolute Gasteiger partial charge is 0.261 e. The van der Waals surface area contributed by atoms with Crippen LogP contribution in [0.25, 0.3) is 11.3 Å². The van der Waals surface area contributed by atoms with Gasteiger partial charge in [-0.3, -0.25) is 9.52 Å². The molecule has 6 nitrogen and oxygen atoms in total.